The standard InChI is InChI=1S/C32H36ClN9O4/c1-3-4-9-28-35-30(33)27(19-46-32(45)26(14-15-29(43)44)40(2)21-41-17-16-34-20-41)42(28)18-22-10-12-23(13-11-22)24-7-5-6-8-25(24)31-36-38-39-37-31/h5-8,10-13,16-17,20,26H,3-4,9,14-15,18-19,21H2,1-2H3,(H,43,44)(H,36,37,38,39)/t26-/m0/s1. The fourth-order valence-corrected chi connectivity index (χ4v) is 5.53. The summed E-state index contributed by atoms with van der Waals surface area (Å²) >= 11 is 6.65. The molecule has 0 bridgehead atoms. The molecule has 0 amide bonds. The van der Waals surface area contributed by atoms with Gasteiger partial charge in [-0.25, -0.2) is 9.97 Å². The van der Waals surface area contributed by atoms with Gasteiger partial charge in [0.15, 0.2) is 5.15 Å². The Hall–Kier alpha value is -4.88. The number of imidazole rings is 2. The number of carboxylic acids is 1. The van der Waals surface area contributed by atoms with Gasteiger partial charge in [0, 0.05) is 37.3 Å². The third-order valence-electron chi connectivity index (χ3n) is 7.71. The van der Waals surface area contributed by atoms with Gasteiger partial charge >= 0.3 is 11.9 Å². The van der Waals surface area contributed by atoms with E-state index in [0.717, 1.165) is 47.3 Å². The third kappa shape index (κ3) is 8.03. The van der Waals surface area contributed by atoms with E-state index in [4.69, 9.17) is 16.3 Å². The van der Waals surface area contributed by atoms with Gasteiger partial charge in [0.25, 0.3) is 0 Å². The zero-order chi connectivity index (χ0) is 32.5. The molecule has 2 N–H and O–H groups in total. The summed E-state index contributed by atoms with van der Waals surface area (Å²) in [4.78, 5) is 35.1. The van der Waals surface area contributed by atoms with Crippen LogP contribution in [0.15, 0.2) is 67.3 Å². The minimum absolute atomic E-state index is 0.0936. The van der Waals surface area contributed by atoms with Gasteiger partial charge in [-0.2, -0.15) is 5.21 Å². The molecular weight excluding hydrogens is 610 g/mol. The summed E-state index contributed by atoms with van der Waals surface area (Å²) in [6.45, 7) is 2.83. The Balaban J connectivity index is 1.35. The van der Waals surface area contributed by atoms with Crippen LogP contribution in [0.3, 0.4) is 0 Å². The van der Waals surface area contributed by atoms with Crippen LogP contribution in [0.25, 0.3) is 22.5 Å². The predicted octanol–water partition coefficient (Wildman–Crippen LogP) is 4.84. The summed E-state index contributed by atoms with van der Waals surface area (Å²) in [5.41, 5.74) is 4.45. The molecule has 5 rings (SSSR count). The van der Waals surface area contributed by atoms with Crippen LogP contribution in [-0.2, 0) is 40.6 Å². The molecule has 13 nitrogen and oxygen atoms in total. The number of likely N-dealkylation sites (N-methyl/N-ethyl adjacent to an activating group) is 1. The monoisotopic (exact) mass is 645 g/mol. The van der Waals surface area contributed by atoms with Crippen LogP contribution in [0, 0.1) is 0 Å². The van der Waals surface area contributed by atoms with E-state index >= 15 is 0 Å². The number of unbranched alkanes of at least 4 members (excludes halogenated alkanes) is 1. The highest BCUT2D eigenvalue weighted by molar-refractivity contribution is 6.30. The van der Waals surface area contributed by atoms with E-state index in [9.17, 15) is 14.7 Å². The Kier molecular flexibility index (Phi) is 10.9. The number of esters is 1. The van der Waals surface area contributed by atoms with E-state index in [1.165, 1.54) is 0 Å². The van der Waals surface area contributed by atoms with Crippen LogP contribution in [0.5, 0.6) is 0 Å². The van der Waals surface area contributed by atoms with Gasteiger partial charge in [0.2, 0.25) is 5.82 Å². The number of carbonyl (C=O) groups excluding carboxylic acids is 1. The zero-order valence-corrected chi connectivity index (χ0v) is 26.5. The van der Waals surface area contributed by atoms with E-state index in [1.54, 1.807) is 35.2 Å². The van der Waals surface area contributed by atoms with Gasteiger partial charge < -0.3 is 19.0 Å². The number of rotatable bonds is 16. The number of hydrogen-bond acceptors (Lipinski definition) is 9. The summed E-state index contributed by atoms with van der Waals surface area (Å²) in [6, 6.07) is 15.3. The summed E-state index contributed by atoms with van der Waals surface area (Å²) in [5, 5.41) is 24.0. The molecule has 0 aliphatic carbocycles. The first-order chi connectivity index (χ1) is 22.3. The molecule has 5 aromatic rings. The summed E-state index contributed by atoms with van der Waals surface area (Å²) in [7, 11) is 1.75. The van der Waals surface area contributed by atoms with Crippen molar-refractivity contribution in [3.05, 3.63) is 89.5 Å². The molecule has 0 unspecified atom stereocenters. The summed E-state index contributed by atoms with van der Waals surface area (Å²) < 4.78 is 9.60. The number of aliphatic carboxylic acids is 1. The van der Waals surface area contributed by atoms with Crippen molar-refractivity contribution in [2.24, 2.45) is 0 Å². The highest BCUT2D eigenvalue weighted by Gasteiger charge is 2.27. The highest BCUT2D eigenvalue weighted by Crippen LogP contribution is 2.30. The maximum Gasteiger partial charge on any atom is 0.323 e. The molecule has 14 heteroatoms. The van der Waals surface area contributed by atoms with Crippen molar-refractivity contribution in [3.8, 4) is 22.5 Å². The number of aryl methyl sites for hydroxylation is 1. The van der Waals surface area contributed by atoms with Crippen molar-refractivity contribution in [1.82, 2.24) is 44.6 Å². The van der Waals surface area contributed by atoms with Crippen molar-refractivity contribution < 1.29 is 19.4 Å². The lowest BCUT2D eigenvalue weighted by Crippen LogP contribution is -2.40. The second-order valence-corrected chi connectivity index (χ2v) is 11.3. The maximum absolute atomic E-state index is 13.4. The predicted molar refractivity (Wildman–Crippen MR) is 170 cm³/mol. The van der Waals surface area contributed by atoms with E-state index in [2.05, 4.69) is 37.5 Å². The molecule has 0 spiro atoms. The first-order valence-electron chi connectivity index (χ1n) is 15.0. The summed E-state index contributed by atoms with van der Waals surface area (Å²) in [6.07, 6.45) is 7.58. The smallest absolute Gasteiger partial charge is 0.323 e. The largest absolute Gasteiger partial charge is 0.481 e. The van der Waals surface area contributed by atoms with Gasteiger partial charge in [-0.1, -0.05) is 73.5 Å². The second kappa shape index (κ2) is 15.4. The molecule has 46 heavy (non-hydrogen) atoms. The fourth-order valence-electron chi connectivity index (χ4n) is 5.27. The van der Waals surface area contributed by atoms with Gasteiger partial charge in [0.05, 0.1) is 18.7 Å². The number of tetrazole rings is 1. The van der Waals surface area contributed by atoms with Crippen LogP contribution in [0.2, 0.25) is 5.15 Å². The van der Waals surface area contributed by atoms with Crippen molar-refractivity contribution in [3.63, 3.8) is 0 Å². The quantitative estimate of drug-likeness (QED) is 0.142. The number of nitrogens with zero attached hydrogens (tertiary/aromatic N) is 8. The molecule has 1 atom stereocenters. The van der Waals surface area contributed by atoms with Crippen LogP contribution < -0.4 is 0 Å². The lowest BCUT2D eigenvalue weighted by molar-refractivity contribution is -0.152. The fraction of sp³-hybridized carbons (Fsp3) is 0.344. The Morgan fingerprint density at radius 3 is 2.59 bits per heavy atom. The number of halogens is 1. The second-order valence-electron chi connectivity index (χ2n) is 11.0. The van der Waals surface area contributed by atoms with Gasteiger partial charge in [-0.3, -0.25) is 14.5 Å². The lowest BCUT2D eigenvalue weighted by atomic mass is 9.98. The number of benzene rings is 2. The average Bonchev–Trinajstić information content (AvgIpc) is 3.83. The number of nitrogens with one attached hydrogen (secondary N) is 1. The number of carboxylic acid groups (broad SMARTS) is 1. The van der Waals surface area contributed by atoms with Gasteiger partial charge in [-0.15, -0.1) is 10.2 Å². The molecule has 0 saturated carbocycles. The minimum atomic E-state index is -0.986. The first-order valence-corrected chi connectivity index (χ1v) is 15.4. The molecule has 0 aliphatic heterocycles. The van der Waals surface area contributed by atoms with E-state index in [-0.39, 0.29) is 24.6 Å². The van der Waals surface area contributed by atoms with Crippen molar-refractivity contribution in [2.45, 2.75) is 64.9 Å². The number of aromatic nitrogens is 8. The van der Waals surface area contributed by atoms with Gasteiger partial charge in [-0.05, 0) is 41.8 Å². The van der Waals surface area contributed by atoms with Crippen LogP contribution >= 0.6 is 11.6 Å². The zero-order valence-electron chi connectivity index (χ0n) is 25.7. The number of hydrogen-bond donors (Lipinski definition) is 2. The Labute approximate surface area is 271 Å². The topological polar surface area (TPSA) is 157 Å². The van der Waals surface area contributed by atoms with E-state index < -0.39 is 18.0 Å². The molecule has 0 radical (unpaired) electrons. The SMILES string of the molecule is CCCCc1nc(Cl)c(COC(=O)[C@H](CCC(=O)O)N(C)Cn2ccnc2)n1Cc1ccc(-c2ccccc2-c2nn[nH]n2)cc1. The number of H-pyrrole nitrogens is 1. The molecule has 0 saturated heterocycles. The lowest BCUT2D eigenvalue weighted by Gasteiger charge is -2.26. The number of carbonyl (C=O) groups is 2. The molecular formula is C32H36ClN9O4. The summed E-state index contributed by atoms with van der Waals surface area (Å²) in [5.74, 6) is -0.193. The van der Waals surface area contributed by atoms with E-state index in [0.29, 0.717) is 24.7 Å². The van der Waals surface area contributed by atoms with Crippen molar-refractivity contribution in [2.75, 3.05) is 7.05 Å². The third-order valence-corrected chi connectivity index (χ3v) is 8.01. The first kappa shape index (κ1) is 32.5. The molecule has 240 valence electrons. The Bertz CT molecular complexity index is 1720. The average molecular weight is 646 g/mol. The van der Waals surface area contributed by atoms with Crippen LogP contribution in [-0.4, -0.2) is 74.8 Å². The Morgan fingerprint density at radius 2 is 1.91 bits per heavy atom. The Morgan fingerprint density at radius 1 is 1.13 bits per heavy atom. The molecule has 3 aromatic heterocycles. The minimum Gasteiger partial charge on any atom is -0.481 e. The number of aromatic amines is 1. The highest BCUT2D eigenvalue weighted by atomic mass is 35.5. The molecule has 0 aliphatic rings. The van der Waals surface area contributed by atoms with Crippen molar-refractivity contribution in [1.29, 1.82) is 0 Å². The van der Waals surface area contributed by atoms with Crippen LogP contribution in [0.4, 0.5) is 0 Å². The van der Waals surface area contributed by atoms with Crippen LogP contribution in [0.1, 0.15) is 49.7 Å². The van der Waals surface area contributed by atoms with Crippen molar-refractivity contribution >= 4 is 23.5 Å². The molecule has 3 heterocycles. The van der Waals surface area contributed by atoms with E-state index in [1.807, 2.05) is 53.1 Å². The number of ether oxygens (including phenoxy) is 1. The maximum atomic E-state index is 13.4. The molecule has 0 fully saturated rings. The van der Waals surface area contributed by atoms with Gasteiger partial charge in [0.1, 0.15) is 18.5 Å². The molecule has 2 aromatic carbocycles. The normalized spacial score (nSPS) is 12.0.